The van der Waals surface area contributed by atoms with Gasteiger partial charge in [0.2, 0.25) is 0 Å². The predicted molar refractivity (Wildman–Crippen MR) is 5.40 cm³/mol. The second-order valence-corrected chi connectivity index (χ2v) is 0.250. The van der Waals surface area contributed by atoms with Crippen LogP contribution in [0.4, 0.5) is 4.79 Å². The van der Waals surface area contributed by atoms with E-state index in [2.05, 4.69) is 0 Å². The smallest absolute Gasteiger partial charge is 0.652 e. The Balaban J connectivity index is -0.0000000450. The van der Waals surface area contributed by atoms with Gasteiger partial charge in [-0.25, -0.2) is 0 Å². The van der Waals surface area contributed by atoms with E-state index in [1.54, 1.807) is 0 Å². The molecule has 0 saturated carbocycles. The molecule has 0 aromatic carbocycles. The van der Waals surface area contributed by atoms with Crippen molar-refractivity contribution in [2.24, 2.45) is 0 Å². The largest absolute Gasteiger partial charge is 1.00 e. The molecular formula is CCsCuO3. The molecule has 34 valence electrons. The van der Waals surface area contributed by atoms with Crippen LogP contribution in [-0.2, 0) is 17.1 Å². The minimum atomic E-state index is -2.33. The van der Waals surface area contributed by atoms with Crippen molar-refractivity contribution < 1.29 is 101 Å². The Morgan fingerprint density at radius 3 is 1.33 bits per heavy atom. The van der Waals surface area contributed by atoms with Crippen LogP contribution in [0.2, 0.25) is 0 Å². The van der Waals surface area contributed by atoms with Gasteiger partial charge in [-0.15, -0.1) is 0 Å². The summed E-state index contributed by atoms with van der Waals surface area (Å²) in [7, 11) is 0. The van der Waals surface area contributed by atoms with Gasteiger partial charge in [-0.3, -0.25) is 0 Å². The van der Waals surface area contributed by atoms with Crippen molar-refractivity contribution in [3.8, 4) is 0 Å². The van der Waals surface area contributed by atoms with E-state index in [0.717, 1.165) is 0 Å². The normalized spacial score (nSPS) is 4.00. The van der Waals surface area contributed by atoms with Crippen LogP contribution in [0.1, 0.15) is 0 Å². The van der Waals surface area contributed by atoms with E-state index >= 15 is 0 Å². The molecule has 0 aliphatic carbocycles. The van der Waals surface area contributed by atoms with Crippen LogP contribution >= 0.6 is 0 Å². The summed E-state index contributed by atoms with van der Waals surface area (Å²) in [5, 5.41) is 16.7. The Labute approximate surface area is 104 Å². The summed E-state index contributed by atoms with van der Waals surface area (Å²) >= 11 is 0. The number of carbonyl (C=O) groups excluding carboxylic acids is 1. The molecule has 6 heavy (non-hydrogen) atoms. The van der Waals surface area contributed by atoms with E-state index in [0.29, 0.717) is 0 Å². The van der Waals surface area contributed by atoms with Gasteiger partial charge in [0.1, 0.15) is 0 Å². The molecule has 0 atom stereocenters. The minimum Gasteiger partial charge on any atom is -0.652 e. The zero-order valence-electron chi connectivity index (χ0n) is 3.03. The Kier molecular flexibility index (Phi) is 26.0. The fraction of sp³-hybridized carbons (Fsp3) is 0. The van der Waals surface area contributed by atoms with E-state index in [9.17, 15) is 0 Å². The molecule has 5 heteroatoms. The van der Waals surface area contributed by atoms with Crippen LogP contribution in [0.25, 0.3) is 0 Å². The third kappa shape index (κ3) is 40.4. The first-order valence-electron chi connectivity index (χ1n) is 0.612. The SMILES string of the molecule is O=C([O-])[O-].[Cs+].[Cu+]. The zero-order valence-corrected chi connectivity index (χ0v) is 10.2. The summed E-state index contributed by atoms with van der Waals surface area (Å²) in [5.41, 5.74) is 0. The maximum absolute atomic E-state index is 8.33. The summed E-state index contributed by atoms with van der Waals surface area (Å²) in [6.45, 7) is 0. The molecule has 3 nitrogen and oxygen atoms in total. The third-order valence-electron chi connectivity index (χ3n) is 0. The van der Waals surface area contributed by atoms with Gasteiger partial charge in [-0.1, -0.05) is 0 Å². The van der Waals surface area contributed by atoms with Gasteiger partial charge in [0.05, 0.1) is 0 Å². The van der Waals surface area contributed by atoms with Gasteiger partial charge in [0, 0.05) is 0 Å². The zero-order chi connectivity index (χ0) is 3.58. The number of hydrogen-bond acceptors (Lipinski definition) is 3. The molecule has 0 bridgehead atoms. The maximum atomic E-state index is 8.33. The second kappa shape index (κ2) is 9.96. The Morgan fingerprint density at radius 2 is 1.33 bits per heavy atom. The molecular weight excluding hydrogens is 256 g/mol. The van der Waals surface area contributed by atoms with Crippen molar-refractivity contribution >= 4 is 6.16 Å². The van der Waals surface area contributed by atoms with Gasteiger partial charge in [0.25, 0.3) is 0 Å². The van der Waals surface area contributed by atoms with Crippen molar-refractivity contribution in [3.63, 3.8) is 0 Å². The van der Waals surface area contributed by atoms with Crippen LogP contribution in [-0.4, -0.2) is 6.16 Å². The van der Waals surface area contributed by atoms with Gasteiger partial charge in [-0.05, 0) is 6.16 Å². The topological polar surface area (TPSA) is 63.2 Å². The van der Waals surface area contributed by atoms with Gasteiger partial charge >= 0.3 is 86.0 Å². The van der Waals surface area contributed by atoms with E-state index in [1.807, 2.05) is 0 Å². The standard InChI is InChI=1S/CH2O3.Cs.Cu/c2-1(3)4;;/h(H2,2,3,4);;/q;2*+1/p-2. The Bertz CT molecular complexity index is 33.8. The van der Waals surface area contributed by atoms with Crippen molar-refractivity contribution in [2.75, 3.05) is 0 Å². The molecule has 0 amide bonds. The van der Waals surface area contributed by atoms with Crippen molar-refractivity contribution in [3.05, 3.63) is 0 Å². The molecule has 0 N–H and O–H groups in total. The summed E-state index contributed by atoms with van der Waals surface area (Å²) < 4.78 is 0. The Hall–Kier alpha value is 1.84. The van der Waals surface area contributed by atoms with Crippen molar-refractivity contribution in [2.45, 2.75) is 0 Å². The predicted octanol–water partition coefficient (Wildman–Crippen LogP) is -5.45. The van der Waals surface area contributed by atoms with Crippen molar-refractivity contribution in [1.82, 2.24) is 0 Å². The van der Waals surface area contributed by atoms with Crippen LogP contribution in [0.5, 0.6) is 0 Å². The van der Waals surface area contributed by atoms with Crippen LogP contribution < -0.4 is 79.1 Å². The average Bonchev–Trinajstić information content (AvgIpc) is 0.811. The van der Waals surface area contributed by atoms with Gasteiger partial charge in [-0.2, -0.15) is 0 Å². The molecule has 0 radical (unpaired) electrons. The van der Waals surface area contributed by atoms with Crippen molar-refractivity contribution in [1.29, 1.82) is 0 Å². The molecule has 0 fully saturated rings. The third-order valence-corrected chi connectivity index (χ3v) is 0. The van der Waals surface area contributed by atoms with Crippen LogP contribution in [0, 0.1) is 0 Å². The molecule has 0 aromatic rings. The summed E-state index contributed by atoms with van der Waals surface area (Å²) in [5.74, 6) is 0. The van der Waals surface area contributed by atoms with E-state index < -0.39 is 6.16 Å². The first kappa shape index (κ1) is 15.7. The number of rotatable bonds is 0. The fourth-order valence-electron chi connectivity index (χ4n) is 0. The van der Waals surface area contributed by atoms with E-state index in [-0.39, 0.29) is 86.0 Å². The molecule has 0 heterocycles. The minimum absolute atomic E-state index is 0. The first-order chi connectivity index (χ1) is 1.73. The second-order valence-electron chi connectivity index (χ2n) is 0.250. The van der Waals surface area contributed by atoms with Crippen LogP contribution in [0.15, 0.2) is 0 Å². The number of carbonyl (C=O) groups is 1. The average molecular weight is 256 g/mol. The molecule has 0 aliphatic rings. The number of hydrogen-bond donors (Lipinski definition) is 0. The number of carboxylic acid groups (broad SMARTS) is 2. The molecule has 0 unspecified atom stereocenters. The molecule has 0 spiro atoms. The summed E-state index contributed by atoms with van der Waals surface area (Å²) in [6, 6.07) is 0. The van der Waals surface area contributed by atoms with Gasteiger partial charge < -0.3 is 15.0 Å². The maximum Gasteiger partial charge on any atom is 1.00 e. The molecule has 0 rings (SSSR count). The molecule has 0 aromatic heterocycles. The van der Waals surface area contributed by atoms with Gasteiger partial charge in [0.15, 0.2) is 0 Å². The molecule has 0 saturated heterocycles. The molecule has 0 aliphatic heterocycles. The quantitative estimate of drug-likeness (QED) is 0.406. The van der Waals surface area contributed by atoms with E-state index in [1.165, 1.54) is 0 Å². The fourth-order valence-corrected chi connectivity index (χ4v) is 0. The summed E-state index contributed by atoms with van der Waals surface area (Å²) in [6.07, 6.45) is -2.33. The van der Waals surface area contributed by atoms with E-state index in [4.69, 9.17) is 15.0 Å². The summed E-state index contributed by atoms with van der Waals surface area (Å²) in [4.78, 5) is 8.33. The van der Waals surface area contributed by atoms with Crippen LogP contribution in [0.3, 0.4) is 0 Å². The first-order valence-corrected chi connectivity index (χ1v) is 0.612. The Morgan fingerprint density at radius 1 is 1.33 bits per heavy atom. The monoisotopic (exact) mass is 256 g/mol.